The van der Waals surface area contributed by atoms with E-state index in [-0.39, 0.29) is 12.0 Å². The molecule has 1 aliphatic rings. The topological polar surface area (TPSA) is 62.8 Å². The number of benzene rings is 1. The maximum atomic E-state index is 11.6. The van der Waals surface area contributed by atoms with E-state index in [0.29, 0.717) is 11.3 Å². The van der Waals surface area contributed by atoms with Gasteiger partial charge in [-0.3, -0.25) is 9.59 Å². The first-order valence-corrected chi connectivity index (χ1v) is 7.40. The predicted molar refractivity (Wildman–Crippen MR) is 81.5 cm³/mol. The van der Waals surface area contributed by atoms with E-state index in [9.17, 15) is 9.59 Å². The molecule has 0 saturated carbocycles. The van der Waals surface area contributed by atoms with Crippen LogP contribution in [0.5, 0.6) is 0 Å². The molecule has 3 rings (SSSR count). The molecule has 0 aliphatic heterocycles. The second-order valence-electron chi connectivity index (χ2n) is 5.33. The number of fused-ring (bicyclic) bond motifs is 1. The summed E-state index contributed by atoms with van der Waals surface area (Å²) in [6.07, 6.45) is 4.57. The highest BCUT2D eigenvalue weighted by Gasteiger charge is 2.12. The third-order valence-corrected chi connectivity index (χ3v) is 3.99. The van der Waals surface area contributed by atoms with E-state index in [1.165, 1.54) is 24.0 Å². The van der Waals surface area contributed by atoms with Gasteiger partial charge in [0, 0.05) is 11.1 Å². The third kappa shape index (κ3) is 3.05. The minimum Gasteiger partial charge on any atom is -0.281 e. The molecular weight excluding hydrogens is 288 g/mol. The molecule has 1 aromatic carbocycles. The molecule has 4 nitrogen and oxygen atoms in total. The number of aromatic amines is 1. The Kier molecular flexibility index (Phi) is 3.88. The number of nitrogens with zero attached hydrogens (tertiary/aromatic N) is 1. The lowest BCUT2D eigenvalue weighted by Gasteiger charge is -2.16. The Bertz CT molecular complexity index is 752. The summed E-state index contributed by atoms with van der Waals surface area (Å²) in [6.45, 7) is 0. The SMILES string of the molecule is O=C(Cl)Cc1cc(-c2ccc3c(c2)CCCC3)n[nH]c1=O. The number of hydrogen-bond acceptors (Lipinski definition) is 3. The maximum Gasteiger partial charge on any atom is 0.267 e. The van der Waals surface area contributed by atoms with Gasteiger partial charge in [-0.1, -0.05) is 12.1 Å². The molecule has 0 spiro atoms. The standard InChI is InChI=1S/C16H15ClN2O2/c17-15(20)9-13-8-14(18-19-16(13)21)12-6-5-10-3-1-2-4-11(10)7-12/h5-8H,1-4,9H2,(H,19,21). The average molecular weight is 303 g/mol. The van der Waals surface area contributed by atoms with E-state index < -0.39 is 5.24 Å². The summed E-state index contributed by atoms with van der Waals surface area (Å²) < 4.78 is 0. The largest absolute Gasteiger partial charge is 0.281 e. The summed E-state index contributed by atoms with van der Waals surface area (Å²) >= 11 is 5.37. The van der Waals surface area contributed by atoms with Gasteiger partial charge in [-0.2, -0.15) is 5.10 Å². The third-order valence-electron chi connectivity index (χ3n) is 3.85. The molecule has 21 heavy (non-hydrogen) atoms. The molecule has 0 radical (unpaired) electrons. The lowest BCUT2D eigenvalue weighted by atomic mass is 9.90. The number of aromatic nitrogens is 2. The smallest absolute Gasteiger partial charge is 0.267 e. The summed E-state index contributed by atoms with van der Waals surface area (Å²) in [4.78, 5) is 22.6. The van der Waals surface area contributed by atoms with Crippen LogP contribution in [0, 0.1) is 0 Å². The van der Waals surface area contributed by atoms with Crippen LogP contribution in [0.15, 0.2) is 29.1 Å². The van der Waals surface area contributed by atoms with Crippen molar-refractivity contribution in [2.45, 2.75) is 32.1 Å². The molecule has 2 aromatic rings. The first-order chi connectivity index (χ1) is 10.1. The van der Waals surface area contributed by atoms with Crippen LogP contribution in [-0.2, 0) is 24.1 Å². The number of carbonyl (C=O) groups excluding carboxylic acids is 1. The molecular formula is C16H15ClN2O2. The molecule has 5 heteroatoms. The van der Waals surface area contributed by atoms with Crippen molar-refractivity contribution >= 4 is 16.8 Å². The Balaban J connectivity index is 2.00. The Morgan fingerprint density at radius 2 is 1.95 bits per heavy atom. The number of aryl methyl sites for hydroxylation is 2. The van der Waals surface area contributed by atoms with Gasteiger partial charge in [0.15, 0.2) is 0 Å². The van der Waals surface area contributed by atoms with Crippen molar-refractivity contribution in [1.29, 1.82) is 0 Å². The van der Waals surface area contributed by atoms with E-state index >= 15 is 0 Å². The number of rotatable bonds is 3. The second-order valence-corrected chi connectivity index (χ2v) is 5.75. The summed E-state index contributed by atoms with van der Waals surface area (Å²) in [7, 11) is 0. The Morgan fingerprint density at radius 3 is 2.71 bits per heavy atom. The molecule has 0 saturated heterocycles. The van der Waals surface area contributed by atoms with Gasteiger partial charge in [0.2, 0.25) is 5.24 Å². The number of nitrogens with one attached hydrogen (secondary N) is 1. The van der Waals surface area contributed by atoms with Gasteiger partial charge in [-0.15, -0.1) is 0 Å². The van der Waals surface area contributed by atoms with Gasteiger partial charge in [-0.05, 0) is 60.5 Å². The zero-order valence-corrected chi connectivity index (χ0v) is 12.2. The number of carbonyl (C=O) groups is 1. The van der Waals surface area contributed by atoms with Gasteiger partial charge in [0.25, 0.3) is 5.56 Å². The van der Waals surface area contributed by atoms with E-state index in [1.54, 1.807) is 6.07 Å². The van der Waals surface area contributed by atoms with Gasteiger partial charge in [-0.25, -0.2) is 5.10 Å². The van der Waals surface area contributed by atoms with Crippen LogP contribution in [0.4, 0.5) is 0 Å². The number of halogens is 1. The Labute approximate surface area is 127 Å². The minimum absolute atomic E-state index is 0.0860. The van der Waals surface area contributed by atoms with Gasteiger partial charge in [0.05, 0.1) is 12.1 Å². The molecule has 108 valence electrons. The van der Waals surface area contributed by atoms with Gasteiger partial charge >= 0.3 is 0 Å². The normalized spacial score (nSPS) is 13.8. The molecule has 1 N–H and O–H groups in total. The maximum absolute atomic E-state index is 11.6. The first-order valence-electron chi connectivity index (χ1n) is 7.02. The first kappa shape index (κ1) is 14.0. The van der Waals surface area contributed by atoms with Crippen molar-refractivity contribution in [3.63, 3.8) is 0 Å². The molecule has 1 aromatic heterocycles. The fraction of sp³-hybridized carbons (Fsp3) is 0.312. The van der Waals surface area contributed by atoms with Crippen molar-refractivity contribution in [1.82, 2.24) is 10.2 Å². The van der Waals surface area contributed by atoms with Crippen molar-refractivity contribution < 1.29 is 4.79 Å². The van der Waals surface area contributed by atoms with Crippen LogP contribution in [-0.4, -0.2) is 15.4 Å². The van der Waals surface area contributed by atoms with E-state index in [4.69, 9.17) is 11.6 Å². The fourth-order valence-electron chi connectivity index (χ4n) is 2.77. The molecule has 0 bridgehead atoms. The van der Waals surface area contributed by atoms with Crippen molar-refractivity contribution in [2.75, 3.05) is 0 Å². The highest BCUT2D eigenvalue weighted by Crippen LogP contribution is 2.26. The fourth-order valence-corrected chi connectivity index (χ4v) is 2.91. The molecule has 1 aliphatic carbocycles. The lowest BCUT2D eigenvalue weighted by molar-refractivity contribution is -0.111. The van der Waals surface area contributed by atoms with E-state index in [0.717, 1.165) is 18.4 Å². The van der Waals surface area contributed by atoms with Crippen LogP contribution in [0.3, 0.4) is 0 Å². The van der Waals surface area contributed by atoms with E-state index in [1.807, 2.05) is 6.07 Å². The highest BCUT2D eigenvalue weighted by atomic mass is 35.5. The number of hydrogen-bond donors (Lipinski definition) is 1. The highest BCUT2D eigenvalue weighted by molar-refractivity contribution is 6.63. The summed E-state index contributed by atoms with van der Waals surface area (Å²) in [6, 6.07) is 7.91. The second kappa shape index (κ2) is 5.82. The van der Waals surface area contributed by atoms with Gasteiger partial charge < -0.3 is 0 Å². The molecule has 0 fully saturated rings. The molecule has 0 amide bonds. The van der Waals surface area contributed by atoms with Crippen molar-refractivity contribution in [3.05, 3.63) is 51.3 Å². The predicted octanol–water partition coefficient (Wildman–Crippen LogP) is 2.62. The quantitative estimate of drug-likeness (QED) is 0.887. The minimum atomic E-state index is -0.553. The van der Waals surface area contributed by atoms with Crippen molar-refractivity contribution in [2.24, 2.45) is 0 Å². The summed E-state index contributed by atoms with van der Waals surface area (Å²) in [5.41, 5.74) is 4.33. The number of H-pyrrole nitrogens is 1. The van der Waals surface area contributed by atoms with Crippen LogP contribution < -0.4 is 5.56 Å². The van der Waals surface area contributed by atoms with Crippen molar-refractivity contribution in [3.8, 4) is 11.3 Å². The zero-order chi connectivity index (χ0) is 14.8. The van der Waals surface area contributed by atoms with Gasteiger partial charge in [0.1, 0.15) is 0 Å². The Morgan fingerprint density at radius 1 is 1.19 bits per heavy atom. The molecule has 0 unspecified atom stereocenters. The summed E-state index contributed by atoms with van der Waals surface area (Å²) in [5.74, 6) is 0. The zero-order valence-electron chi connectivity index (χ0n) is 11.5. The molecule has 0 atom stereocenters. The monoisotopic (exact) mass is 302 g/mol. The van der Waals surface area contributed by atoms with E-state index in [2.05, 4.69) is 22.3 Å². The van der Waals surface area contributed by atoms with Crippen LogP contribution in [0.2, 0.25) is 0 Å². The average Bonchev–Trinajstić information content (AvgIpc) is 2.48. The van der Waals surface area contributed by atoms with Crippen LogP contribution in [0.25, 0.3) is 11.3 Å². The Hall–Kier alpha value is -1.94. The van der Waals surface area contributed by atoms with Crippen LogP contribution in [0.1, 0.15) is 29.5 Å². The summed E-state index contributed by atoms with van der Waals surface area (Å²) in [5, 5.41) is 5.96. The lowest BCUT2D eigenvalue weighted by Crippen LogP contribution is -2.16. The molecule has 1 heterocycles. The van der Waals surface area contributed by atoms with Crippen LogP contribution >= 0.6 is 11.6 Å².